The summed E-state index contributed by atoms with van der Waals surface area (Å²) in [5, 5.41) is 12.7. The summed E-state index contributed by atoms with van der Waals surface area (Å²) in [6, 6.07) is 0.433. The Kier molecular flexibility index (Phi) is 7.15. The first-order valence-electron chi connectivity index (χ1n) is 5.50. The van der Waals surface area contributed by atoms with Crippen LogP contribution in [0.4, 0.5) is 0 Å². The van der Waals surface area contributed by atoms with Gasteiger partial charge in [0.15, 0.2) is 0 Å². The SMILES string of the molecule is CCOCC(NC(C)C(C)O)C(C)C. The van der Waals surface area contributed by atoms with Gasteiger partial charge in [0.25, 0.3) is 0 Å². The van der Waals surface area contributed by atoms with Crippen LogP contribution in [0.3, 0.4) is 0 Å². The van der Waals surface area contributed by atoms with Gasteiger partial charge in [0.1, 0.15) is 0 Å². The molecule has 0 heterocycles. The van der Waals surface area contributed by atoms with Crippen LogP contribution in [-0.4, -0.2) is 36.5 Å². The molecule has 0 amide bonds. The molecule has 0 fully saturated rings. The average Bonchev–Trinajstić information content (AvgIpc) is 2.10. The first kappa shape index (κ1) is 13.9. The van der Waals surface area contributed by atoms with E-state index in [1.165, 1.54) is 0 Å². The summed E-state index contributed by atoms with van der Waals surface area (Å²) in [5.41, 5.74) is 0. The van der Waals surface area contributed by atoms with Crippen LogP contribution < -0.4 is 5.32 Å². The van der Waals surface area contributed by atoms with Gasteiger partial charge in [-0.1, -0.05) is 13.8 Å². The number of hydrogen-bond acceptors (Lipinski definition) is 3. The van der Waals surface area contributed by atoms with E-state index in [-0.39, 0.29) is 12.1 Å². The van der Waals surface area contributed by atoms with E-state index in [0.29, 0.717) is 18.6 Å². The Morgan fingerprint density at radius 3 is 2.14 bits per heavy atom. The number of rotatable bonds is 7. The molecule has 3 unspecified atom stereocenters. The highest BCUT2D eigenvalue weighted by molar-refractivity contribution is 4.76. The van der Waals surface area contributed by atoms with Crippen molar-refractivity contribution in [2.24, 2.45) is 5.92 Å². The second kappa shape index (κ2) is 7.21. The molecule has 0 spiro atoms. The average molecular weight is 203 g/mol. The number of ether oxygens (including phenoxy) is 1. The zero-order valence-corrected chi connectivity index (χ0v) is 10.1. The van der Waals surface area contributed by atoms with Crippen molar-refractivity contribution >= 4 is 0 Å². The van der Waals surface area contributed by atoms with Crippen LogP contribution in [-0.2, 0) is 4.74 Å². The van der Waals surface area contributed by atoms with Gasteiger partial charge in [-0.25, -0.2) is 0 Å². The monoisotopic (exact) mass is 203 g/mol. The third-order valence-corrected chi connectivity index (χ3v) is 2.51. The molecular weight excluding hydrogens is 178 g/mol. The zero-order valence-electron chi connectivity index (χ0n) is 10.1. The van der Waals surface area contributed by atoms with Crippen LogP contribution in [0, 0.1) is 5.92 Å². The van der Waals surface area contributed by atoms with Crippen LogP contribution in [0.15, 0.2) is 0 Å². The summed E-state index contributed by atoms with van der Waals surface area (Å²) in [4.78, 5) is 0. The van der Waals surface area contributed by atoms with Crippen molar-refractivity contribution in [2.45, 2.75) is 52.8 Å². The molecule has 0 aliphatic carbocycles. The maximum Gasteiger partial charge on any atom is 0.0662 e. The van der Waals surface area contributed by atoms with E-state index in [4.69, 9.17) is 4.74 Å². The summed E-state index contributed by atoms with van der Waals surface area (Å²) in [6.45, 7) is 11.6. The maximum absolute atomic E-state index is 9.37. The normalized spacial score (nSPS) is 18.2. The predicted octanol–water partition coefficient (Wildman–Crippen LogP) is 1.41. The lowest BCUT2D eigenvalue weighted by Crippen LogP contribution is -2.47. The molecule has 0 aromatic carbocycles. The van der Waals surface area contributed by atoms with Gasteiger partial charge >= 0.3 is 0 Å². The Morgan fingerprint density at radius 2 is 1.79 bits per heavy atom. The molecule has 3 heteroatoms. The third kappa shape index (κ3) is 5.58. The van der Waals surface area contributed by atoms with Gasteiger partial charge in [-0.15, -0.1) is 0 Å². The predicted molar refractivity (Wildman–Crippen MR) is 59.4 cm³/mol. The van der Waals surface area contributed by atoms with Crippen molar-refractivity contribution in [2.75, 3.05) is 13.2 Å². The van der Waals surface area contributed by atoms with Gasteiger partial charge < -0.3 is 15.2 Å². The summed E-state index contributed by atoms with van der Waals surface area (Å²) in [7, 11) is 0. The van der Waals surface area contributed by atoms with Crippen LogP contribution in [0.25, 0.3) is 0 Å². The fraction of sp³-hybridized carbons (Fsp3) is 1.00. The highest BCUT2D eigenvalue weighted by atomic mass is 16.5. The molecule has 3 atom stereocenters. The minimum atomic E-state index is -0.321. The molecule has 0 aromatic rings. The van der Waals surface area contributed by atoms with Crippen molar-refractivity contribution in [1.82, 2.24) is 5.32 Å². The van der Waals surface area contributed by atoms with Crippen LogP contribution >= 0.6 is 0 Å². The minimum Gasteiger partial charge on any atom is -0.392 e. The molecule has 0 radical (unpaired) electrons. The van der Waals surface area contributed by atoms with E-state index in [9.17, 15) is 5.11 Å². The minimum absolute atomic E-state index is 0.114. The molecule has 0 saturated heterocycles. The lowest BCUT2D eigenvalue weighted by atomic mass is 10.0. The van der Waals surface area contributed by atoms with Gasteiger partial charge in [-0.2, -0.15) is 0 Å². The van der Waals surface area contributed by atoms with E-state index in [1.54, 1.807) is 6.92 Å². The molecule has 0 aromatic heterocycles. The lowest BCUT2D eigenvalue weighted by Gasteiger charge is -2.27. The van der Waals surface area contributed by atoms with E-state index >= 15 is 0 Å². The van der Waals surface area contributed by atoms with Gasteiger partial charge in [-0.05, 0) is 26.7 Å². The number of aliphatic hydroxyl groups is 1. The van der Waals surface area contributed by atoms with Gasteiger partial charge in [-0.3, -0.25) is 0 Å². The summed E-state index contributed by atoms with van der Waals surface area (Å²) in [6.07, 6.45) is -0.321. The second-order valence-corrected chi connectivity index (χ2v) is 4.21. The van der Waals surface area contributed by atoms with Crippen LogP contribution in [0.5, 0.6) is 0 Å². The molecule has 0 rings (SSSR count). The van der Waals surface area contributed by atoms with Crippen LogP contribution in [0.1, 0.15) is 34.6 Å². The Hall–Kier alpha value is -0.120. The van der Waals surface area contributed by atoms with Gasteiger partial charge in [0.05, 0.1) is 12.7 Å². The fourth-order valence-corrected chi connectivity index (χ4v) is 1.15. The topological polar surface area (TPSA) is 41.5 Å². The highest BCUT2D eigenvalue weighted by Crippen LogP contribution is 2.05. The number of nitrogens with one attached hydrogen (secondary N) is 1. The van der Waals surface area contributed by atoms with Crippen molar-refractivity contribution < 1.29 is 9.84 Å². The van der Waals surface area contributed by atoms with E-state index in [1.807, 2.05) is 13.8 Å². The smallest absolute Gasteiger partial charge is 0.0662 e. The largest absolute Gasteiger partial charge is 0.392 e. The second-order valence-electron chi connectivity index (χ2n) is 4.21. The summed E-state index contributed by atoms with van der Waals surface area (Å²) >= 11 is 0. The van der Waals surface area contributed by atoms with E-state index in [0.717, 1.165) is 6.61 Å². The molecule has 0 aliphatic heterocycles. The van der Waals surface area contributed by atoms with Crippen molar-refractivity contribution in [1.29, 1.82) is 0 Å². The zero-order chi connectivity index (χ0) is 11.1. The first-order valence-corrected chi connectivity index (χ1v) is 5.50. The lowest BCUT2D eigenvalue weighted by molar-refractivity contribution is 0.0850. The highest BCUT2D eigenvalue weighted by Gasteiger charge is 2.18. The standard InChI is InChI=1S/C11H25NO2/c1-6-14-7-11(8(2)3)12-9(4)10(5)13/h8-13H,6-7H2,1-5H3. The van der Waals surface area contributed by atoms with Crippen molar-refractivity contribution in [3.63, 3.8) is 0 Å². The molecule has 86 valence electrons. The Morgan fingerprint density at radius 1 is 1.21 bits per heavy atom. The molecular formula is C11H25NO2. The molecule has 2 N–H and O–H groups in total. The number of hydrogen-bond donors (Lipinski definition) is 2. The first-order chi connectivity index (χ1) is 6.49. The fourth-order valence-electron chi connectivity index (χ4n) is 1.15. The quantitative estimate of drug-likeness (QED) is 0.657. The van der Waals surface area contributed by atoms with Crippen molar-refractivity contribution in [3.8, 4) is 0 Å². The van der Waals surface area contributed by atoms with E-state index in [2.05, 4.69) is 19.2 Å². The number of aliphatic hydroxyl groups excluding tert-OH is 1. The Balaban J connectivity index is 3.95. The maximum atomic E-state index is 9.37. The molecule has 3 nitrogen and oxygen atoms in total. The van der Waals surface area contributed by atoms with E-state index < -0.39 is 0 Å². The molecule has 14 heavy (non-hydrogen) atoms. The van der Waals surface area contributed by atoms with Crippen LogP contribution in [0.2, 0.25) is 0 Å². The summed E-state index contributed by atoms with van der Waals surface area (Å²) in [5.74, 6) is 0.516. The molecule has 0 bridgehead atoms. The third-order valence-electron chi connectivity index (χ3n) is 2.51. The molecule has 0 saturated carbocycles. The van der Waals surface area contributed by atoms with Gasteiger partial charge in [0.2, 0.25) is 0 Å². The summed E-state index contributed by atoms with van der Waals surface area (Å²) < 4.78 is 5.39. The molecule has 0 aliphatic rings. The van der Waals surface area contributed by atoms with Crippen molar-refractivity contribution in [3.05, 3.63) is 0 Å². The Bertz CT molecular complexity index is 137. The Labute approximate surface area is 87.8 Å². The van der Waals surface area contributed by atoms with Gasteiger partial charge in [0, 0.05) is 18.7 Å².